The fourth-order valence-corrected chi connectivity index (χ4v) is 1.14. The monoisotopic (exact) mass is 189 g/mol. The van der Waals surface area contributed by atoms with Gasteiger partial charge in [0.2, 0.25) is 0 Å². The Bertz CT molecular complexity index is 450. The van der Waals surface area contributed by atoms with Crippen LogP contribution >= 0.6 is 0 Å². The van der Waals surface area contributed by atoms with Gasteiger partial charge in [-0.2, -0.15) is 5.10 Å². The van der Waals surface area contributed by atoms with E-state index >= 15 is 0 Å². The molecule has 0 aromatic carbocycles. The van der Waals surface area contributed by atoms with Gasteiger partial charge in [0.1, 0.15) is 5.69 Å². The van der Waals surface area contributed by atoms with Gasteiger partial charge in [0.15, 0.2) is 12.0 Å². The highest BCUT2D eigenvalue weighted by molar-refractivity contribution is 5.77. The molecule has 0 aliphatic rings. The Morgan fingerprint density at radius 2 is 2.29 bits per heavy atom. The van der Waals surface area contributed by atoms with Crippen molar-refractivity contribution in [3.05, 3.63) is 36.4 Å². The van der Waals surface area contributed by atoms with Crippen molar-refractivity contribution in [3.8, 4) is 11.4 Å². The first kappa shape index (κ1) is 8.43. The zero-order chi connectivity index (χ0) is 9.97. The zero-order valence-corrected chi connectivity index (χ0v) is 7.16. The maximum atomic E-state index is 10.6. The summed E-state index contributed by atoms with van der Waals surface area (Å²) >= 11 is 0. The van der Waals surface area contributed by atoms with E-state index in [1.807, 2.05) is 0 Å². The Labute approximate surface area is 79.6 Å². The van der Waals surface area contributed by atoms with Crippen LogP contribution in [0, 0.1) is 0 Å². The number of carbonyl (C=O) groups excluding carboxylic acids is 1. The number of nitrogens with zero attached hydrogens (tertiary/aromatic N) is 3. The summed E-state index contributed by atoms with van der Waals surface area (Å²) in [7, 11) is 0. The summed E-state index contributed by atoms with van der Waals surface area (Å²) in [6, 6.07) is 3.47. The Hall–Kier alpha value is -2.17. The number of pyridine rings is 1. The zero-order valence-electron chi connectivity index (χ0n) is 7.16. The van der Waals surface area contributed by atoms with Gasteiger partial charge in [-0.3, -0.25) is 9.78 Å². The smallest absolute Gasteiger partial charge is 0.172 e. The van der Waals surface area contributed by atoms with E-state index in [-0.39, 0.29) is 11.4 Å². The third-order valence-electron chi connectivity index (χ3n) is 1.79. The number of aldehydes is 1. The molecular weight excluding hydrogens is 182 g/mol. The van der Waals surface area contributed by atoms with Gasteiger partial charge in [-0.25, -0.2) is 4.68 Å². The minimum absolute atomic E-state index is 0.123. The van der Waals surface area contributed by atoms with Crippen LogP contribution in [0.5, 0.6) is 5.75 Å². The van der Waals surface area contributed by atoms with Crippen LogP contribution in [0.2, 0.25) is 0 Å². The average Bonchev–Trinajstić information content (AvgIpc) is 2.61. The number of rotatable bonds is 2. The third-order valence-corrected chi connectivity index (χ3v) is 1.79. The van der Waals surface area contributed by atoms with Gasteiger partial charge in [-0.15, -0.1) is 0 Å². The Morgan fingerprint density at radius 1 is 1.43 bits per heavy atom. The van der Waals surface area contributed by atoms with E-state index in [9.17, 15) is 9.90 Å². The summed E-state index contributed by atoms with van der Waals surface area (Å²) < 4.78 is 1.33. The lowest BCUT2D eigenvalue weighted by atomic mass is 10.4. The van der Waals surface area contributed by atoms with Crippen molar-refractivity contribution < 1.29 is 9.90 Å². The maximum absolute atomic E-state index is 10.6. The standard InChI is InChI=1S/C9H7N3O2/c13-6-8-9(14)5-11-12(8)7-2-1-3-10-4-7/h1-6,14H. The first-order valence-electron chi connectivity index (χ1n) is 3.95. The molecule has 5 heteroatoms. The first-order valence-corrected chi connectivity index (χ1v) is 3.95. The van der Waals surface area contributed by atoms with Crippen molar-refractivity contribution in [1.29, 1.82) is 0 Å². The molecule has 2 heterocycles. The van der Waals surface area contributed by atoms with Gasteiger partial charge in [0.25, 0.3) is 0 Å². The Balaban J connectivity index is 2.57. The highest BCUT2D eigenvalue weighted by Crippen LogP contribution is 2.16. The second-order valence-electron chi connectivity index (χ2n) is 2.66. The van der Waals surface area contributed by atoms with Crippen LogP contribution in [0.4, 0.5) is 0 Å². The maximum Gasteiger partial charge on any atom is 0.172 e. The number of hydrogen-bond acceptors (Lipinski definition) is 4. The van der Waals surface area contributed by atoms with E-state index in [0.717, 1.165) is 0 Å². The summed E-state index contributed by atoms with van der Waals surface area (Å²) in [6.07, 6.45) is 4.94. The van der Waals surface area contributed by atoms with Crippen LogP contribution in [-0.4, -0.2) is 26.2 Å². The molecule has 5 nitrogen and oxygen atoms in total. The third kappa shape index (κ3) is 1.24. The lowest BCUT2D eigenvalue weighted by molar-refractivity contribution is 0.111. The molecule has 0 radical (unpaired) electrons. The van der Waals surface area contributed by atoms with Crippen molar-refractivity contribution in [2.75, 3.05) is 0 Å². The topological polar surface area (TPSA) is 68.0 Å². The van der Waals surface area contributed by atoms with E-state index in [1.165, 1.54) is 10.9 Å². The molecule has 0 saturated carbocycles. The molecule has 0 amide bonds. The molecule has 0 spiro atoms. The number of hydrogen-bond donors (Lipinski definition) is 1. The van der Waals surface area contributed by atoms with Crippen LogP contribution in [0.25, 0.3) is 5.69 Å². The molecule has 0 fully saturated rings. The highest BCUT2D eigenvalue weighted by atomic mass is 16.3. The molecule has 0 aliphatic carbocycles. The molecule has 70 valence electrons. The molecular formula is C9H7N3O2. The van der Waals surface area contributed by atoms with E-state index in [4.69, 9.17) is 0 Å². The summed E-state index contributed by atoms with van der Waals surface area (Å²) in [5.41, 5.74) is 0.757. The number of carbonyl (C=O) groups is 1. The Kier molecular flexibility index (Phi) is 1.98. The van der Waals surface area contributed by atoms with Gasteiger partial charge in [0.05, 0.1) is 18.1 Å². The van der Waals surface area contributed by atoms with E-state index in [0.29, 0.717) is 12.0 Å². The largest absolute Gasteiger partial charge is 0.504 e. The van der Waals surface area contributed by atoms with Crippen LogP contribution in [0.15, 0.2) is 30.7 Å². The van der Waals surface area contributed by atoms with Crippen LogP contribution in [0.1, 0.15) is 10.5 Å². The SMILES string of the molecule is O=Cc1c(O)cnn1-c1cccnc1. The molecule has 2 aromatic rings. The lowest BCUT2D eigenvalue weighted by Gasteiger charge is -2.01. The van der Waals surface area contributed by atoms with Crippen molar-refractivity contribution in [2.45, 2.75) is 0 Å². The van der Waals surface area contributed by atoms with Gasteiger partial charge in [-0.05, 0) is 12.1 Å². The molecule has 0 unspecified atom stereocenters. The van der Waals surface area contributed by atoms with Crippen molar-refractivity contribution in [1.82, 2.24) is 14.8 Å². The minimum atomic E-state index is -0.135. The predicted molar refractivity (Wildman–Crippen MR) is 48.4 cm³/mol. The van der Waals surface area contributed by atoms with E-state index in [1.54, 1.807) is 24.5 Å². The molecule has 0 bridgehead atoms. The fourth-order valence-electron chi connectivity index (χ4n) is 1.14. The van der Waals surface area contributed by atoms with Crippen molar-refractivity contribution in [3.63, 3.8) is 0 Å². The second kappa shape index (κ2) is 3.29. The van der Waals surface area contributed by atoms with Crippen LogP contribution in [0.3, 0.4) is 0 Å². The van der Waals surface area contributed by atoms with Crippen molar-refractivity contribution >= 4 is 6.29 Å². The number of aromatic hydroxyl groups is 1. The molecule has 1 N–H and O–H groups in total. The quantitative estimate of drug-likeness (QED) is 0.709. The van der Waals surface area contributed by atoms with Gasteiger partial charge >= 0.3 is 0 Å². The molecule has 14 heavy (non-hydrogen) atoms. The van der Waals surface area contributed by atoms with E-state index in [2.05, 4.69) is 10.1 Å². The predicted octanol–water partition coefficient (Wildman–Crippen LogP) is 0.785. The summed E-state index contributed by atoms with van der Waals surface area (Å²) in [5, 5.41) is 13.1. The average molecular weight is 189 g/mol. The summed E-state index contributed by atoms with van der Waals surface area (Å²) in [5.74, 6) is -0.135. The van der Waals surface area contributed by atoms with Crippen molar-refractivity contribution in [2.24, 2.45) is 0 Å². The normalized spacial score (nSPS) is 10.0. The minimum Gasteiger partial charge on any atom is -0.504 e. The second-order valence-corrected chi connectivity index (χ2v) is 2.66. The molecule has 0 aliphatic heterocycles. The number of aromatic nitrogens is 3. The van der Waals surface area contributed by atoms with Gasteiger partial charge in [0, 0.05) is 6.20 Å². The summed E-state index contributed by atoms with van der Waals surface area (Å²) in [6.45, 7) is 0. The van der Waals surface area contributed by atoms with E-state index < -0.39 is 0 Å². The van der Waals surface area contributed by atoms with Crippen LogP contribution in [-0.2, 0) is 0 Å². The van der Waals surface area contributed by atoms with Gasteiger partial charge < -0.3 is 5.11 Å². The first-order chi connectivity index (χ1) is 6.83. The highest BCUT2D eigenvalue weighted by Gasteiger charge is 2.09. The fraction of sp³-hybridized carbons (Fsp3) is 0. The van der Waals surface area contributed by atoms with Crippen LogP contribution < -0.4 is 0 Å². The Morgan fingerprint density at radius 3 is 2.93 bits per heavy atom. The molecule has 0 saturated heterocycles. The lowest BCUT2D eigenvalue weighted by Crippen LogP contribution is -2.01. The van der Waals surface area contributed by atoms with Gasteiger partial charge in [-0.1, -0.05) is 0 Å². The molecule has 0 atom stereocenters. The molecule has 2 rings (SSSR count). The molecule has 2 aromatic heterocycles. The summed E-state index contributed by atoms with van der Waals surface area (Å²) in [4.78, 5) is 14.5.